The summed E-state index contributed by atoms with van der Waals surface area (Å²) in [6.07, 6.45) is 6.83. The quantitative estimate of drug-likeness (QED) is 0.448. The largest absolute Gasteiger partial charge is 0.497 e. The molecule has 0 bridgehead atoms. The molecule has 0 aliphatic carbocycles. The molecule has 32 heavy (non-hydrogen) atoms. The van der Waals surface area contributed by atoms with E-state index in [9.17, 15) is 4.79 Å². The number of carbonyl (C=O) groups is 1. The minimum absolute atomic E-state index is 0.0646. The lowest BCUT2D eigenvalue weighted by molar-refractivity contribution is -0.129. The number of furan rings is 1. The normalized spacial score (nSPS) is 17.0. The van der Waals surface area contributed by atoms with Crippen molar-refractivity contribution in [1.29, 1.82) is 0 Å². The van der Waals surface area contributed by atoms with E-state index in [0.717, 1.165) is 69.7 Å². The van der Waals surface area contributed by atoms with Gasteiger partial charge in [-0.2, -0.15) is 0 Å². The molecule has 1 unspecified atom stereocenters. The van der Waals surface area contributed by atoms with E-state index >= 15 is 0 Å². The van der Waals surface area contributed by atoms with Crippen molar-refractivity contribution in [2.45, 2.75) is 46.1 Å². The SMILES string of the molecule is COc1cccc(-c2coc3c(C)c(OC)c(/C(C)=C/C(=O)N4CCCCC4C)cc23)c1. The zero-order valence-electron chi connectivity index (χ0n) is 19.5. The first-order valence-corrected chi connectivity index (χ1v) is 11.2. The number of benzene rings is 2. The molecular weight excluding hydrogens is 402 g/mol. The summed E-state index contributed by atoms with van der Waals surface area (Å²) in [7, 11) is 3.32. The Morgan fingerprint density at radius 2 is 2.00 bits per heavy atom. The molecule has 0 N–H and O–H groups in total. The number of nitrogens with zero attached hydrogens (tertiary/aromatic N) is 1. The number of hydrogen-bond acceptors (Lipinski definition) is 4. The minimum atomic E-state index is 0.0646. The first-order chi connectivity index (χ1) is 15.4. The number of fused-ring (bicyclic) bond motifs is 1. The summed E-state index contributed by atoms with van der Waals surface area (Å²) >= 11 is 0. The first kappa shape index (κ1) is 22.0. The van der Waals surface area contributed by atoms with Gasteiger partial charge in [0.1, 0.15) is 17.1 Å². The van der Waals surface area contributed by atoms with Crippen molar-refractivity contribution in [2.24, 2.45) is 0 Å². The summed E-state index contributed by atoms with van der Waals surface area (Å²) in [5, 5.41) is 0.984. The topological polar surface area (TPSA) is 51.9 Å². The zero-order valence-corrected chi connectivity index (χ0v) is 19.5. The van der Waals surface area contributed by atoms with Crippen molar-refractivity contribution in [3.05, 3.63) is 53.8 Å². The summed E-state index contributed by atoms with van der Waals surface area (Å²) in [5.74, 6) is 1.59. The number of piperidine rings is 1. The number of likely N-dealkylation sites (tertiary alicyclic amines) is 1. The fourth-order valence-corrected chi connectivity index (χ4v) is 4.66. The maximum Gasteiger partial charge on any atom is 0.247 e. The predicted molar refractivity (Wildman–Crippen MR) is 128 cm³/mol. The van der Waals surface area contributed by atoms with Crippen LogP contribution in [0.4, 0.5) is 0 Å². The summed E-state index contributed by atoms with van der Waals surface area (Å²) < 4.78 is 17.1. The van der Waals surface area contributed by atoms with Gasteiger partial charge in [0, 0.05) is 40.7 Å². The summed E-state index contributed by atoms with van der Waals surface area (Å²) in [5.41, 5.74) is 5.48. The van der Waals surface area contributed by atoms with E-state index in [1.54, 1.807) is 26.6 Å². The Morgan fingerprint density at radius 3 is 2.72 bits per heavy atom. The van der Waals surface area contributed by atoms with E-state index in [4.69, 9.17) is 13.9 Å². The van der Waals surface area contributed by atoms with Crippen LogP contribution in [0.1, 0.15) is 44.2 Å². The second-order valence-electron chi connectivity index (χ2n) is 8.54. The standard InChI is InChI=1S/C27H31NO4/c1-17(13-25(29)28-12-7-6-9-18(28)2)22-15-23-24(20-10-8-11-21(14-20)30-4)16-32-27(23)19(3)26(22)31-5/h8,10-11,13-16,18H,6-7,9,12H2,1-5H3/b17-13+. The Kier molecular flexibility index (Phi) is 6.26. The third-order valence-corrected chi connectivity index (χ3v) is 6.48. The number of carbonyl (C=O) groups excluding carboxylic acids is 1. The highest BCUT2D eigenvalue weighted by Crippen LogP contribution is 2.41. The van der Waals surface area contributed by atoms with Crippen LogP contribution in [0, 0.1) is 6.92 Å². The zero-order chi connectivity index (χ0) is 22.8. The molecule has 0 saturated carbocycles. The Bertz CT molecular complexity index is 1170. The second kappa shape index (κ2) is 9.11. The van der Waals surface area contributed by atoms with Crippen LogP contribution in [0.2, 0.25) is 0 Å². The number of allylic oxidation sites excluding steroid dienone is 1. The van der Waals surface area contributed by atoms with Crippen LogP contribution in [0.5, 0.6) is 11.5 Å². The van der Waals surface area contributed by atoms with Gasteiger partial charge < -0.3 is 18.8 Å². The molecular formula is C27H31NO4. The van der Waals surface area contributed by atoms with E-state index in [0.29, 0.717) is 0 Å². The highest BCUT2D eigenvalue weighted by molar-refractivity contribution is 6.01. The molecule has 0 spiro atoms. The Morgan fingerprint density at radius 1 is 1.19 bits per heavy atom. The van der Waals surface area contributed by atoms with Crippen LogP contribution >= 0.6 is 0 Å². The van der Waals surface area contributed by atoms with Crippen LogP contribution in [-0.4, -0.2) is 37.6 Å². The Labute approximate surface area is 189 Å². The van der Waals surface area contributed by atoms with Crippen LogP contribution < -0.4 is 9.47 Å². The molecule has 1 saturated heterocycles. The number of rotatable bonds is 5. The summed E-state index contributed by atoms with van der Waals surface area (Å²) in [6.45, 7) is 6.91. The monoisotopic (exact) mass is 433 g/mol. The molecule has 3 aromatic rings. The Hall–Kier alpha value is -3.21. The van der Waals surface area contributed by atoms with Gasteiger partial charge in [0.15, 0.2) is 0 Å². The van der Waals surface area contributed by atoms with Gasteiger partial charge in [-0.25, -0.2) is 0 Å². The molecule has 5 nitrogen and oxygen atoms in total. The average Bonchev–Trinajstić information content (AvgIpc) is 3.23. The maximum atomic E-state index is 13.0. The molecule has 1 aliphatic rings. The number of aryl methyl sites for hydroxylation is 1. The summed E-state index contributed by atoms with van der Waals surface area (Å²) in [4.78, 5) is 15.0. The molecule has 1 fully saturated rings. The number of ether oxygens (including phenoxy) is 2. The number of hydrogen-bond donors (Lipinski definition) is 0. The fourth-order valence-electron chi connectivity index (χ4n) is 4.66. The van der Waals surface area contributed by atoms with E-state index in [1.807, 2.05) is 43.0 Å². The lowest BCUT2D eigenvalue weighted by Gasteiger charge is -2.32. The molecule has 1 aromatic heterocycles. The minimum Gasteiger partial charge on any atom is -0.497 e. The molecule has 1 amide bonds. The molecule has 1 aliphatic heterocycles. The van der Waals surface area contributed by atoms with Gasteiger partial charge in [-0.05, 0) is 69.4 Å². The third kappa shape index (κ3) is 3.99. The predicted octanol–water partition coefficient (Wildman–Crippen LogP) is 6.23. The lowest BCUT2D eigenvalue weighted by Crippen LogP contribution is -2.41. The van der Waals surface area contributed by atoms with Gasteiger partial charge >= 0.3 is 0 Å². The van der Waals surface area contributed by atoms with Gasteiger partial charge in [0.05, 0.1) is 20.5 Å². The smallest absolute Gasteiger partial charge is 0.247 e. The number of methoxy groups -OCH3 is 2. The molecule has 2 heterocycles. The maximum absolute atomic E-state index is 13.0. The van der Waals surface area contributed by atoms with Crippen LogP contribution in [0.3, 0.4) is 0 Å². The van der Waals surface area contributed by atoms with E-state index in [2.05, 4.69) is 13.0 Å². The first-order valence-electron chi connectivity index (χ1n) is 11.2. The van der Waals surface area contributed by atoms with E-state index < -0.39 is 0 Å². The highest BCUT2D eigenvalue weighted by atomic mass is 16.5. The third-order valence-electron chi connectivity index (χ3n) is 6.48. The fraction of sp³-hybridized carbons (Fsp3) is 0.370. The van der Waals surface area contributed by atoms with E-state index in [-0.39, 0.29) is 11.9 Å². The van der Waals surface area contributed by atoms with Crippen LogP contribution in [-0.2, 0) is 4.79 Å². The van der Waals surface area contributed by atoms with E-state index in [1.165, 1.54) is 6.42 Å². The van der Waals surface area contributed by atoms with Crippen LogP contribution in [0.15, 0.2) is 47.1 Å². The summed E-state index contributed by atoms with van der Waals surface area (Å²) in [6, 6.07) is 10.3. The van der Waals surface area contributed by atoms with Crippen molar-refractivity contribution in [2.75, 3.05) is 20.8 Å². The molecule has 4 rings (SSSR count). The molecule has 0 radical (unpaired) electrons. The Balaban J connectivity index is 1.80. The number of amides is 1. The van der Waals surface area contributed by atoms with Crippen molar-refractivity contribution >= 4 is 22.4 Å². The lowest BCUT2D eigenvalue weighted by atomic mass is 9.96. The van der Waals surface area contributed by atoms with Crippen molar-refractivity contribution in [1.82, 2.24) is 4.90 Å². The second-order valence-corrected chi connectivity index (χ2v) is 8.54. The highest BCUT2D eigenvalue weighted by Gasteiger charge is 2.23. The van der Waals surface area contributed by atoms with Gasteiger partial charge in [-0.3, -0.25) is 4.79 Å². The van der Waals surface area contributed by atoms with Gasteiger partial charge in [0.25, 0.3) is 0 Å². The van der Waals surface area contributed by atoms with Gasteiger partial charge in [-0.1, -0.05) is 12.1 Å². The molecule has 168 valence electrons. The molecule has 5 heteroatoms. The average molecular weight is 434 g/mol. The molecule has 2 aromatic carbocycles. The van der Waals surface area contributed by atoms with Crippen molar-refractivity contribution in [3.63, 3.8) is 0 Å². The molecule has 1 atom stereocenters. The van der Waals surface area contributed by atoms with Crippen molar-refractivity contribution < 1.29 is 18.7 Å². The van der Waals surface area contributed by atoms with Gasteiger partial charge in [0.2, 0.25) is 5.91 Å². The van der Waals surface area contributed by atoms with Gasteiger partial charge in [-0.15, -0.1) is 0 Å². The van der Waals surface area contributed by atoms with Crippen molar-refractivity contribution in [3.8, 4) is 22.6 Å². The van der Waals surface area contributed by atoms with Crippen LogP contribution in [0.25, 0.3) is 27.7 Å².